The molecule has 0 saturated carbocycles. The van der Waals surface area contributed by atoms with Crippen LogP contribution in [0.4, 0.5) is 0 Å². The van der Waals surface area contributed by atoms with E-state index in [1.54, 1.807) is 7.11 Å². The second kappa shape index (κ2) is 5.65. The minimum Gasteiger partial charge on any atom is -0.497 e. The summed E-state index contributed by atoms with van der Waals surface area (Å²) in [4.78, 5) is 4.46. The molecule has 0 fully saturated rings. The summed E-state index contributed by atoms with van der Waals surface area (Å²) in [5.74, 6) is 0.858. The molecule has 1 atom stereocenters. The largest absolute Gasteiger partial charge is 0.497 e. The highest BCUT2D eigenvalue weighted by Gasteiger charge is 2.09. The van der Waals surface area contributed by atoms with Crippen molar-refractivity contribution in [3.05, 3.63) is 59.4 Å². The molecular formula is C15H18N2O. The molecule has 0 saturated heterocycles. The number of rotatable bonds is 4. The van der Waals surface area contributed by atoms with Gasteiger partial charge in [0.2, 0.25) is 0 Å². The molecule has 18 heavy (non-hydrogen) atoms. The molecule has 0 amide bonds. The van der Waals surface area contributed by atoms with Gasteiger partial charge in [0.25, 0.3) is 0 Å². The van der Waals surface area contributed by atoms with E-state index < -0.39 is 0 Å². The lowest BCUT2D eigenvalue weighted by molar-refractivity contribution is 0.414. The quantitative estimate of drug-likeness (QED) is 0.896. The summed E-state index contributed by atoms with van der Waals surface area (Å²) in [6.45, 7) is 1.97. The maximum absolute atomic E-state index is 6.18. The Morgan fingerprint density at radius 2 is 2.00 bits per heavy atom. The number of aromatic nitrogens is 1. The van der Waals surface area contributed by atoms with E-state index in [1.807, 2.05) is 43.3 Å². The molecule has 94 valence electrons. The van der Waals surface area contributed by atoms with Crippen molar-refractivity contribution in [3.63, 3.8) is 0 Å². The average Bonchev–Trinajstić information content (AvgIpc) is 2.39. The highest BCUT2D eigenvalue weighted by molar-refractivity contribution is 5.29. The van der Waals surface area contributed by atoms with Crippen molar-refractivity contribution in [1.82, 2.24) is 4.98 Å². The standard InChI is InChI=1S/C15H18N2O/c1-11-5-3-8-15(17-11)14(16)10-12-6-4-7-13(9-12)18-2/h3-9,14H,10,16H2,1-2H3. The van der Waals surface area contributed by atoms with Gasteiger partial charge in [0, 0.05) is 5.69 Å². The Hall–Kier alpha value is -1.87. The summed E-state index contributed by atoms with van der Waals surface area (Å²) >= 11 is 0. The lowest BCUT2D eigenvalue weighted by atomic mass is 10.0. The molecule has 2 rings (SSSR count). The summed E-state index contributed by atoms with van der Waals surface area (Å²) in [6.07, 6.45) is 0.758. The Morgan fingerprint density at radius 1 is 1.22 bits per heavy atom. The topological polar surface area (TPSA) is 48.1 Å². The zero-order chi connectivity index (χ0) is 13.0. The first-order chi connectivity index (χ1) is 8.69. The second-order valence-electron chi connectivity index (χ2n) is 4.37. The zero-order valence-electron chi connectivity index (χ0n) is 10.8. The van der Waals surface area contributed by atoms with Gasteiger partial charge in [-0.15, -0.1) is 0 Å². The van der Waals surface area contributed by atoms with Crippen LogP contribution >= 0.6 is 0 Å². The Morgan fingerprint density at radius 3 is 2.72 bits per heavy atom. The SMILES string of the molecule is COc1cccc(CC(N)c2cccc(C)n2)c1. The van der Waals surface area contributed by atoms with Crippen molar-refractivity contribution < 1.29 is 4.74 Å². The number of hydrogen-bond acceptors (Lipinski definition) is 3. The van der Waals surface area contributed by atoms with Crippen molar-refractivity contribution >= 4 is 0 Å². The zero-order valence-corrected chi connectivity index (χ0v) is 10.8. The van der Waals surface area contributed by atoms with E-state index in [9.17, 15) is 0 Å². The van der Waals surface area contributed by atoms with Gasteiger partial charge >= 0.3 is 0 Å². The fourth-order valence-electron chi connectivity index (χ4n) is 1.93. The molecule has 0 aliphatic carbocycles. The normalized spacial score (nSPS) is 12.2. The van der Waals surface area contributed by atoms with Crippen molar-refractivity contribution in [2.45, 2.75) is 19.4 Å². The van der Waals surface area contributed by atoms with Crippen LogP contribution < -0.4 is 10.5 Å². The van der Waals surface area contributed by atoms with Crippen molar-refractivity contribution in [3.8, 4) is 5.75 Å². The van der Waals surface area contributed by atoms with E-state index in [4.69, 9.17) is 10.5 Å². The van der Waals surface area contributed by atoms with Crippen molar-refractivity contribution in [2.75, 3.05) is 7.11 Å². The molecule has 0 spiro atoms. The van der Waals surface area contributed by atoms with Gasteiger partial charge in [-0.05, 0) is 43.2 Å². The third-order valence-corrected chi connectivity index (χ3v) is 2.88. The predicted molar refractivity (Wildman–Crippen MR) is 72.6 cm³/mol. The number of nitrogens with zero attached hydrogens (tertiary/aromatic N) is 1. The number of methoxy groups -OCH3 is 1. The maximum Gasteiger partial charge on any atom is 0.119 e. The van der Waals surface area contributed by atoms with E-state index in [0.29, 0.717) is 0 Å². The van der Waals surface area contributed by atoms with Crippen molar-refractivity contribution in [2.24, 2.45) is 5.73 Å². The van der Waals surface area contributed by atoms with Crippen LogP contribution in [0.1, 0.15) is 23.0 Å². The molecule has 2 aromatic rings. The van der Waals surface area contributed by atoms with E-state index in [1.165, 1.54) is 0 Å². The van der Waals surface area contributed by atoms with Crippen LogP contribution in [-0.4, -0.2) is 12.1 Å². The number of pyridine rings is 1. The molecule has 0 bridgehead atoms. The van der Waals surface area contributed by atoms with Crippen LogP contribution in [-0.2, 0) is 6.42 Å². The van der Waals surface area contributed by atoms with E-state index >= 15 is 0 Å². The number of nitrogens with two attached hydrogens (primary N) is 1. The third kappa shape index (κ3) is 3.08. The fourth-order valence-corrected chi connectivity index (χ4v) is 1.93. The summed E-state index contributed by atoms with van der Waals surface area (Å²) in [5.41, 5.74) is 9.26. The van der Waals surface area contributed by atoms with Gasteiger partial charge in [-0.25, -0.2) is 0 Å². The van der Waals surface area contributed by atoms with Gasteiger partial charge in [-0.1, -0.05) is 18.2 Å². The molecule has 2 N–H and O–H groups in total. The Balaban J connectivity index is 2.13. The van der Waals surface area contributed by atoms with Crippen LogP contribution in [0.25, 0.3) is 0 Å². The second-order valence-corrected chi connectivity index (χ2v) is 4.37. The number of hydrogen-bond donors (Lipinski definition) is 1. The first kappa shape index (κ1) is 12.6. The monoisotopic (exact) mass is 242 g/mol. The Labute approximate surface area is 108 Å². The summed E-state index contributed by atoms with van der Waals surface area (Å²) < 4.78 is 5.20. The number of ether oxygens (including phenoxy) is 1. The number of aryl methyl sites for hydroxylation is 1. The molecule has 1 heterocycles. The lowest BCUT2D eigenvalue weighted by Gasteiger charge is -2.12. The molecule has 1 aromatic heterocycles. The molecule has 0 radical (unpaired) electrons. The van der Waals surface area contributed by atoms with E-state index in [2.05, 4.69) is 11.1 Å². The summed E-state index contributed by atoms with van der Waals surface area (Å²) in [5, 5.41) is 0. The minimum atomic E-state index is -0.0861. The molecule has 1 unspecified atom stereocenters. The van der Waals surface area contributed by atoms with Crippen LogP contribution in [0.2, 0.25) is 0 Å². The highest BCUT2D eigenvalue weighted by atomic mass is 16.5. The maximum atomic E-state index is 6.18. The van der Waals surface area contributed by atoms with Crippen LogP contribution in [0.5, 0.6) is 5.75 Å². The smallest absolute Gasteiger partial charge is 0.119 e. The Bertz CT molecular complexity index is 525. The lowest BCUT2D eigenvalue weighted by Crippen LogP contribution is -2.15. The van der Waals surface area contributed by atoms with Gasteiger partial charge in [0.1, 0.15) is 5.75 Å². The van der Waals surface area contributed by atoms with Gasteiger partial charge in [-0.3, -0.25) is 4.98 Å². The molecule has 3 nitrogen and oxygen atoms in total. The average molecular weight is 242 g/mol. The predicted octanol–water partition coefficient (Wildman–Crippen LogP) is 2.64. The molecule has 0 aliphatic heterocycles. The third-order valence-electron chi connectivity index (χ3n) is 2.88. The molecule has 0 aliphatic rings. The number of benzene rings is 1. The summed E-state index contributed by atoms with van der Waals surface area (Å²) in [7, 11) is 1.67. The van der Waals surface area contributed by atoms with Gasteiger partial charge < -0.3 is 10.5 Å². The first-order valence-corrected chi connectivity index (χ1v) is 6.01. The van der Waals surface area contributed by atoms with Crippen molar-refractivity contribution in [1.29, 1.82) is 0 Å². The minimum absolute atomic E-state index is 0.0861. The van der Waals surface area contributed by atoms with E-state index in [-0.39, 0.29) is 6.04 Å². The van der Waals surface area contributed by atoms with Crippen LogP contribution in [0.15, 0.2) is 42.5 Å². The molecule has 1 aromatic carbocycles. The van der Waals surface area contributed by atoms with Gasteiger partial charge in [-0.2, -0.15) is 0 Å². The van der Waals surface area contributed by atoms with E-state index in [0.717, 1.165) is 29.1 Å². The van der Waals surface area contributed by atoms with Crippen LogP contribution in [0, 0.1) is 6.92 Å². The Kier molecular flexibility index (Phi) is 3.95. The summed E-state index contributed by atoms with van der Waals surface area (Å²) in [6, 6.07) is 13.8. The molecule has 3 heteroatoms. The van der Waals surface area contributed by atoms with Gasteiger partial charge in [0.15, 0.2) is 0 Å². The fraction of sp³-hybridized carbons (Fsp3) is 0.267. The molecular weight excluding hydrogens is 224 g/mol. The van der Waals surface area contributed by atoms with Gasteiger partial charge in [0.05, 0.1) is 18.8 Å². The first-order valence-electron chi connectivity index (χ1n) is 6.01. The van der Waals surface area contributed by atoms with Crippen LogP contribution in [0.3, 0.4) is 0 Å². The highest BCUT2D eigenvalue weighted by Crippen LogP contribution is 2.18.